The summed E-state index contributed by atoms with van der Waals surface area (Å²) in [4.78, 5) is 13.9. The van der Waals surface area contributed by atoms with E-state index in [0.29, 0.717) is 5.69 Å². The van der Waals surface area contributed by atoms with Crippen LogP contribution < -0.4 is 16.0 Å². The molecule has 2 fully saturated rings. The molecule has 1 aromatic carbocycles. The number of carbonyl (C=O) groups excluding carboxylic acids is 1. The molecule has 17 heavy (non-hydrogen) atoms. The second-order valence-corrected chi connectivity index (χ2v) is 5.02. The summed E-state index contributed by atoms with van der Waals surface area (Å²) in [6.07, 6.45) is 4.49. The van der Waals surface area contributed by atoms with Crippen LogP contribution in [0.1, 0.15) is 25.7 Å². The van der Waals surface area contributed by atoms with Gasteiger partial charge in [-0.1, -0.05) is 12.1 Å². The lowest BCUT2D eigenvalue weighted by Crippen LogP contribution is -2.63. The van der Waals surface area contributed by atoms with E-state index in [0.717, 1.165) is 31.5 Å². The Balaban J connectivity index is 1.82. The van der Waals surface area contributed by atoms with Gasteiger partial charge >= 0.3 is 6.03 Å². The van der Waals surface area contributed by atoms with Gasteiger partial charge in [-0.2, -0.15) is 0 Å². The summed E-state index contributed by atoms with van der Waals surface area (Å²) in [7, 11) is 0. The molecule has 1 spiro atoms. The van der Waals surface area contributed by atoms with Gasteiger partial charge < -0.3 is 11.1 Å². The predicted molar refractivity (Wildman–Crippen MR) is 67.9 cm³/mol. The first-order valence-corrected chi connectivity index (χ1v) is 6.14. The van der Waals surface area contributed by atoms with Crippen molar-refractivity contribution in [1.82, 2.24) is 5.32 Å². The van der Waals surface area contributed by atoms with Crippen LogP contribution in [0.3, 0.4) is 0 Å². The lowest BCUT2D eigenvalue weighted by atomic mass is 9.73. The number of carbonyl (C=O) groups is 1. The van der Waals surface area contributed by atoms with Gasteiger partial charge in [-0.15, -0.1) is 0 Å². The van der Waals surface area contributed by atoms with Gasteiger partial charge in [-0.3, -0.25) is 4.90 Å². The SMILES string of the molecule is Nc1ccccc1N1CCC2(CCC2)NC1=O. The zero-order chi connectivity index (χ0) is 11.9. The summed E-state index contributed by atoms with van der Waals surface area (Å²) >= 11 is 0. The van der Waals surface area contributed by atoms with Crippen molar-refractivity contribution in [1.29, 1.82) is 0 Å². The van der Waals surface area contributed by atoms with Crippen LogP contribution in [0.5, 0.6) is 0 Å². The molecule has 4 heteroatoms. The Morgan fingerprint density at radius 3 is 2.59 bits per heavy atom. The van der Waals surface area contributed by atoms with Crippen LogP contribution in [0.4, 0.5) is 16.2 Å². The third kappa shape index (κ3) is 1.64. The molecule has 90 valence electrons. The largest absolute Gasteiger partial charge is 0.397 e. The van der Waals surface area contributed by atoms with Crippen LogP contribution in [-0.4, -0.2) is 18.1 Å². The van der Waals surface area contributed by atoms with E-state index in [1.807, 2.05) is 24.3 Å². The number of anilines is 2. The molecule has 1 aliphatic heterocycles. The van der Waals surface area contributed by atoms with Gasteiger partial charge in [0.25, 0.3) is 0 Å². The summed E-state index contributed by atoms with van der Waals surface area (Å²) in [6.45, 7) is 0.764. The summed E-state index contributed by atoms with van der Waals surface area (Å²) < 4.78 is 0. The van der Waals surface area contributed by atoms with Crippen LogP contribution in [0.15, 0.2) is 24.3 Å². The summed E-state index contributed by atoms with van der Waals surface area (Å²) in [5.41, 5.74) is 7.48. The highest BCUT2D eigenvalue weighted by molar-refractivity contribution is 5.96. The highest BCUT2D eigenvalue weighted by Crippen LogP contribution is 2.38. The Morgan fingerprint density at radius 2 is 2.00 bits per heavy atom. The number of nitrogen functional groups attached to an aromatic ring is 1. The van der Waals surface area contributed by atoms with Crippen LogP contribution >= 0.6 is 0 Å². The fourth-order valence-electron chi connectivity index (χ4n) is 2.73. The van der Waals surface area contributed by atoms with Crippen LogP contribution in [0.25, 0.3) is 0 Å². The van der Waals surface area contributed by atoms with E-state index >= 15 is 0 Å². The van der Waals surface area contributed by atoms with Crippen molar-refractivity contribution in [2.75, 3.05) is 17.2 Å². The highest BCUT2D eigenvalue weighted by atomic mass is 16.2. The molecule has 1 aliphatic carbocycles. The minimum absolute atomic E-state index is 0.00569. The van der Waals surface area contributed by atoms with Gasteiger partial charge in [0, 0.05) is 12.1 Å². The molecule has 1 aromatic rings. The lowest BCUT2D eigenvalue weighted by Gasteiger charge is -2.48. The topological polar surface area (TPSA) is 58.4 Å². The Bertz CT molecular complexity index is 454. The first-order valence-electron chi connectivity index (χ1n) is 6.14. The van der Waals surface area contributed by atoms with Gasteiger partial charge in [-0.05, 0) is 37.8 Å². The van der Waals surface area contributed by atoms with E-state index in [9.17, 15) is 4.79 Å². The minimum Gasteiger partial charge on any atom is -0.397 e. The first kappa shape index (κ1) is 10.4. The maximum atomic E-state index is 12.1. The Kier molecular flexibility index (Phi) is 2.24. The zero-order valence-electron chi connectivity index (χ0n) is 9.78. The number of urea groups is 1. The molecule has 2 amide bonds. The number of nitrogens with two attached hydrogens (primary N) is 1. The van der Waals surface area contributed by atoms with Gasteiger partial charge in [0.05, 0.1) is 11.4 Å². The van der Waals surface area contributed by atoms with Crippen molar-refractivity contribution < 1.29 is 4.79 Å². The Labute approximate surface area is 101 Å². The second-order valence-electron chi connectivity index (χ2n) is 5.02. The van der Waals surface area contributed by atoms with Gasteiger partial charge in [0.2, 0.25) is 0 Å². The normalized spacial score (nSPS) is 22.1. The third-order valence-corrected chi connectivity index (χ3v) is 3.97. The molecule has 3 rings (SSSR count). The van der Waals surface area contributed by atoms with E-state index < -0.39 is 0 Å². The van der Waals surface area contributed by atoms with E-state index in [2.05, 4.69) is 5.32 Å². The molecule has 0 atom stereocenters. The smallest absolute Gasteiger partial charge is 0.322 e. The first-order chi connectivity index (χ1) is 8.20. The van der Waals surface area contributed by atoms with E-state index in [-0.39, 0.29) is 11.6 Å². The van der Waals surface area contributed by atoms with Crippen LogP contribution in [-0.2, 0) is 0 Å². The van der Waals surface area contributed by atoms with Crippen LogP contribution in [0.2, 0.25) is 0 Å². The standard InChI is InChI=1S/C13H17N3O/c14-10-4-1-2-5-11(10)16-9-8-13(6-3-7-13)15-12(16)17/h1-2,4-5H,3,6-9,14H2,(H,15,17). The number of rotatable bonds is 1. The lowest BCUT2D eigenvalue weighted by molar-refractivity contribution is 0.157. The number of nitrogens with zero attached hydrogens (tertiary/aromatic N) is 1. The number of nitrogens with one attached hydrogen (secondary N) is 1. The number of amides is 2. The molecular weight excluding hydrogens is 214 g/mol. The van der Waals surface area contributed by atoms with Gasteiger partial charge in [0.1, 0.15) is 0 Å². The van der Waals surface area contributed by atoms with Crippen molar-refractivity contribution in [2.45, 2.75) is 31.2 Å². The average molecular weight is 231 g/mol. The fraction of sp³-hybridized carbons (Fsp3) is 0.462. The molecule has 0 aromatic heterocycles. The molecule has 1 saturated carbocycles. The maximum Gasteiger partial charge on any atom is 0.322 e. The number of hydrogen-bond donors (Lipinski definition) is 2. The van der Waals surface area contributed by atoms with Gasteiger partial charge in [0.15, 0.2) is 0 Å². The van der Waals surface area contributed by atoms with Crippen molar-refractivity contribution in [3.8, 4) is 0 Å². The highest BCUT2D eigenvalue weighted by Gasteiger charge is 2.43. The summed E-state index contributed by atoms with van der Waals surface area (Å²) in [5, 5.41) is 3.14. The minimum atomic E-state index is -0.00569. The molecule has 0 bridgehead atoms. The van der Waals surface area contributed by atoms with E-state index in [1.54, 1.807) is 4.90 Å². The number of benzene rings is 1. The Morgan fingerprint density at radius 1 is 1.24 bits per heavy atom. The summed E-state index contributed by atoms with van der Waals surface area (Å²) in [5.74, 6) is 0. The molecule has 3 N–H and O–H groups in total. The number of para-hydroxylation sites is 2. The van der Waals surface area contributed by atoms with Crippen molar-refractivity contribution in [2.24, 2.45) is 0 Å². The molecule has 0 radical (unpaired) electrons. The number of hydrogen-bond acceptors (Lipinski definition) is 2. The molecule has 4 nitrogen and oxygen atoms in total. The molecular formula is C13H17N3O. The maximum absolute atomic E-state index is 12.1. The zero-order valence-corrected chi connectivity index (χ0v) is 9.78. The van der Waals surface area contributed by atoms with E-state index in [1.165, 1.54) is 6.42 Å². The molecule has 1 saturated heterocycles. The predicted octanol–water partition coefficient (Wildman–Crippen LogP) is 2.11. The summed E-state index contributed by atoms with van der Waals surface area (Å²) in [6, 6.07) is 7.51. The van der Waals surface area contributed by atoms with Crippen molar-refractivity contribution >= 4 is 17.4 Å². The molecule has 1 heterocycles. The Hall–Kier alpha value is -1.71. The second kappa shape index (κ2) is 3.65. The van der Waals surface area contributed by atoms with Crippen LogP contribution in [0, 0.1) is 0 Å². The molecule has 2 aliphatic rings. The van der Waals surface area contributed by atoms with Gasteiger partial charge in [-0.25, -0.2) is 4.79 Å². The average Bonchev–Trinajstić information content (AvgIpc) is 2.28. The van der Waals surface area contributed by atoms with E-state index in [4.69, 9.17) is 5.73 Å². The third-order valence-electron chi connectivity index (χ3n) is 3.97. The molecule has 0 unspecified atom stereocenters. The monoisotopic (exact) mass is 231 g/mol. The van der Waals surface area contributed by atoms with Crippen molar-refractivity contribution in [3.05, 3.63) is 24.3 Å². The quantitative estimate of drug-likeness (QED) is 0.727. The fourth-order valence-corrected chi connectivity index (χ4v) is 2.73. The van der Waals surface area contributed by atoms with Crippen molar-refractivity contribution in [3.63, 3.8) is 0 Å².